The van der Waals surface area contributed by atoms with E-state index in [9.17, 15) is 4.57 Å². The molecule has 2 N–H and O–H groups in total. The van der Waals surface area contributed by atoms with Crippen LogP contribution in [-0.2, 0) is 18.6 Å². The van der Waals surface area contributed by atoms with E-state index in [1.165, 1.54) is 0 Å². The van der Waals surface area contributed by atoms with E-state index in [2.05, 4.69) is 0 Å². The van der Waals surface area contributed by atoms with Gasteiger partial charge in [0.2, 0.25) is 5.60 Å². The summed E-state index contributed by atoms with van der Waals surface area (Å²) in [7, 11) is -2.69. The van der Waals surface area contributed by atoms with Crippen LogP contribution in [0.2, 0.25) is 0 Å². The Morgan fingerprint density at radius 2 is 2.38 bits per heavy atom. The molecule has 3 unspecified atom stereocenters. The smallest absolute Gasteiger partial charge is 0.394 e. The van der Waals surface area contributed by atoms with Gasteiger partial charge in [0.25, 0.3) is 0 Å². The third-order valence-electron chi connectivity index (χ3n) is 2.46. The lowest BCUT2D eigenvalue weighted by molar-refractivity contribution is -0.213. The van der Waals surface area contributed by atoms with Crippen molar-refractivity contribution in [3.63, 3.8) is 0 Å². The molecule has 7 heteroatoms. The van der Waals surface area contributed by atoms with Crippen molar-refractivity contribution in [1.82, 2.24) is 0 Å². The van der Waals surface area contributed by atoms with E-state index in [4.69, 9.17) is 24.0 Å². The quantitative estimate of drug-likeness (QED) is 0.591. The number of aliphatic hydroxyl groups is 1. The first-order valence-corrected chi connectivity index (χ1v) is 5.01. The Hall–Kier alpha value is -0.100. The van der Waals surface area contributed by atoms with E-state index in [1.54, 1.807) is 0 Å². The summed E-state index contributed by atoms with van der Waals surface area (Å²) in [6, 6.07) is 0. The molecule has 2 aliphatic rings. The van der Waals surface area contributed by atoms with Gasteiger partial charge in [-0.2, -0.15) is 0 Å². The zero-order chi connectivity index (χ0) is 9.47. The maximum Gasteiger partial charge on any atom is 0.695 e. The largest absolute Gasteiger partial charge is 0.695 e. The fourth-order valence-corrected chi connectivity index (χ4v) is 2.27. The van der Waals surface area contributed by atoms with Crippen LogP contribution in [0.1, 0.15) is 0 Å². The Kier molecular flexibility index (Phi) is 2.35. The fraction of sp³-hybridized carbons (Fsp3) is 1.00. The highest BCUT2D eigenvalue weighted by Gasteiger charge is 2.65. The van der Waals surface area contributed by atoms with Crippen LogP contribution < -0.4 is 0 Å². The van der Waals surface area contributed by atoms with Gasteiger partial charge in [0.15, 0.2) is 0 Å². The van der Waals surface area contributed by atoms with Gasteiger partial charge in [-0.1, -0.05) is 0 Å². The van der Waals surface area contributed by atoms with Crippen molar-refractivity contribution in [2.24, 2.45) is 0 Å². The number of aliphatic hydroxyl groups excluding tert-OH is 1. The first kappa shape index (κ1) is 9.45. The average Bonchev–Trinajstić information content (AvgIpc) is 2.27. The molecule has 0 aromatic rings. The van der Waals surface area contributed by atoms with Crippen molar-refractivity contribution in [3.05, 3.63) is 0 Å². The van der Waals surface area contributed by atoms with E-state index in [0.717, 1.165) is 0 Å². The van der Waals surface area contributed by atoms with Crippen LogP contribution in [0.5, 0.6) is 0 Å². The Morgan fingerprint density at radius 3 is 2.85 bits per heavy atom. The number of hydrogen-bond acceptors (Lipinski definition) is 5. The standard InChI is InChI=1S/C6H9O6P/c7-1-4-6(12-13(8)9)3-11-5(6)2-10-4/h4-5,7H,1-3H2/p+1/t4-,5?,6?/m1/s1. The summed E-state index contributed by atoms with van der Waals surface area (Å²) in [5.41, 5.74) is -0.906. The molecular formula is C6H10O6P+. The fourth-order valence-electron chi connectivity index (χ4n) is 1.70. The van der Waals surface area contributed by atoms with Crippen LogP contribution in [0.25, 0.3) is 0 Å². The van der Waals surface area contributed by atoms with Crippen molar-refractivity contribution in [1.29, 1.82) is 0 Å². The highest BCUT2D eigenvalue weighted by Crippen LogP contribution is 2.44. The molecule has 6 nitrogen and oxygen atoms in total. The zero-order valence-electron chi connectivity index (χ0n) is 6.75. The van der Waals surface area contributed by atoms with Gasteiger partial charge < -0.3 is 14.6 Å². The summed E-state index contributed by atoms with van der Waals surface area (Å²) >= 11 is 0. The summed E-state index contributed by atoms with van der Waals surface area (Å²) in [6.07, 6.45) is -0.881. The molecule has 0 aliphatic carbocycles. The second-order valence-electron chi connectivity index (χ2n) is 3.09. The first-order valence-electron chi connectivity index (χ1n) is 3.88. The lowest BCUT2D eigenvalue weighted by Crippen LogP contribution is -2.62. The van der Waals surface area contributed by atoms with Gasteiger partial charge in [-0.25, -0.2) is 0 Å². The summed E-state index contributed by atoms with van der Waals surface area (Å²) < 4.78 is 25.6. The van der Waals surface area contributed by atoms with Crippen LogP contribution in [0, 0.1) is 0 Å². The lowest BCUT2D eigenvalue weighted by Gasteiger charge is -2.39. The van der Waals surface area contributed by atoms with Crippen LogP contribution >= 0.6 is 8.25 Å². The maximum absolute atomic E-state index is 10.5. The van der Waals surface area contributed by atoms with E-state index < -0.39 is 20.0 Å². The van der Waals surface area contributed by atoms with Gasteiger partial charge in [-0.3, -0.25) is 0 Å². The summed E-state index contributed by atoms with van der Waals surface area (Å²) in [6.45, 7) is 0.266. The van der Waals surface area contributed by atoms with Gasteiger partial charge in [-0.05, 0) is 0 Å². The number of fused-ring (bicyclic) bond motifs is 1. The van der Waals surface area contributed by atoms with Crippen LogP contribution in [0.3, 0.4) is 0 Å². The Bertz CT molecular complexity index is 233. The van der Waals surface area contributed by atoms with Crippen molar-refractivity contribution in [2.75, 3.05) is 19.8 Å². The maximum atomic E-state index is 10.5. The topological polar surface area (TPSA) is 85.2 Å². The Balaban J connectivity index is 2.12. The molecular weight excluding hydrogens is 199 g/mol. The average molecular weight is 209 g/mol. The molecule has 13 heavy (non-hydrogen) atoms. The SMILES string of the molecule is O=[P+](O)OC12COC1CO[C@@H]2CO. The minimum Gasteiger partial charge on any atom is -0.394 e. The van der Waals surface area contributed by atoms with Crippen LogP contribution in [0.4, 0.5) is 0 Å². The van der Waals surface area contributed by atoms with E-state index in [-0.39, 0.29) is 19.3 Å². The number of ether oxygens (including phenoxy) is 2. The van der Waals surface area contributed by atoms with Crippen molar-refractivity contribution < 1.29 is 28.6 Å². The van der Waals surface area contributed by atoms with Gasteiger partial charge in [-0.15, -0.1) is 9.42 Å². The molecule has 2 rings (SSSR count). The lowest BCUT2D eigenvalue weighted by atomic mass is 9.90. The van der Waals surface area contributed by atoms with Gasteiger partial charge in [0, 0.05) is 4.57 Å². The number of rotatable bonds is 3. The third kappa shape index (κ3) is 1.30. The molecule has 0 aromatic carbocycles. The second kappa shape index (κ2) is 3.24. The first-order chi connectivity index (χ1) is 6.19. The predicted octanol–water partition coefficient (Wildman–Crippen LogP) is -0.819. The molecule has 4 atom stereocenters. The molecule has 0 amide bonds. The minimum absolute atomic E-state index is 0.199. The molecule has 2 aliphatic heterocycles. The Labute approximate surface area is 75.4 Å². The molecule has 0 bridgehead atoms. The van der Waals surface area contributed by atoms with Gasteiger partial charge in [0.05, 0.1) is 19.8 Å². The normalized spacial score (nSPS) is 44.0. The summed E-state index contributed by atoms with van der Waals surface area (Å²) in [5, 5.41) is 8.93. The van der Waals surface area contributed by atoms with E-state index >= 15 is 0 Å². The van der Waals surface area contributed by atoms with Crippen LogP contribution in [-0.4, -0.2) is 47.6 Å². The summed E-state index contributed by atoms with van der Waals surface area (Å²) in [4.78, 5) is 8.64. The van der Waals surface area contributed by atoms with E-state index in [1.807, 2.05) is 0 Å². The molecule has 0 saturated carbocycles. The minimum atomic E-state index is -2.69. The van der Waals surface area contributed by atoms with Gasteiger partial charge >= 0.3 is 8.25 Å². The molecule has 2 fully saturated rings. The monoisotopic (exact) mass is 209 g/mol. The van der Waals surface area contributed by atoms with Crippen molar-refractivity contribution >= 4 is 8.25 Å². The van der Waals surface area contributed by atoms with Crippen molar-refractivity contribution in [2.45, 2.75) is 17.8 Å². The van der Waals surface area contributed by atoms with E-state index in [0.29, 0.717) is 6.61 Å². The highest BCUT2D eigenvalue weighted by atomic mass is 31.1. The molecule has 2 saturated heterocycles. The molecule has 74 valence electrons. The summed E-state index contributed by atoms with van der Waals surface area (Å²) in [5.74, 6) is 0. The molecule has 2 heterocycles. The Morgan fingerprint density at radius 1 is 1.62 bits per heavy atom. The second-order valence-corrected chi connectivity index (χ2v) is 3.75. The van der Waals surface area contributed by atoms with Crippen molar-refractivity contribution in [3.8, 4) is 0 Å². The molecule has 0 aromatic heterocycles. The zero-order valence-corrected chi connectivity index (χ0v) is 7.65. The molecule has 0 radical (unpaired) electrons. The van der Waals surface area contributed by atoms with Gasteiger partial charge in [0.1, 0.15) is 12.2 Å². The predicted molar refractivity (Wildman–Crippen MR) is 40.2 cm³/mol. The number of hydrogen-bond donors (Lipinski definition) is 2. The molecule has 0 spiro atoms. The third-order valence-corrected chi connectivity index (χ3v) is 2.96. The highest BCUT2D eigenvalue weighted by molar-refractivity contribution is 7.32. The van der Waals surface area contributed by atoms with Crippen LogP contribution in [0.15, 0.2) is 0 Å².